The van der Waals surface area contributed by atoms with Gasteiger partial charge in [0.1, 0.15) is 6.42 Å². The minimum atomic E-state index is -5.14. The van der Waals surface area contributed by atoms with Crippen molar-refractivity contribution in [3.8, 4) is 5.75 Å². The topological polar surface area (TPSA) is 46.2 Å². The molecule has 0 spiro atoms. The zero-order chi connectivity index (χ0) is 17.1. The first-order valence-electron chi connectivity index (χ1n) is 4.91. The summed E-state index contributed by atoms with van der Waals surface area (Å²) in [5.74, 6) is -0.912. The largest absolute Gasteiger partial charge is 0.505 e. The third-order valence-corrected chi connectivity index (χ3v) is 1.77. The van der Waals surface area contributed by atoms with Crippen LogP contribution < -0.4 is 5.73 Å². The van der Waals surface area contributed by atoms with Crippen LogP contribution in [0.4, 0.5) is 45.2 Å². The van der Waals surface area contributed by atoms with Crippen LogP contribution in [-0.4, -0.2) is 17.5 Å². The van der Waals surface area contributed by atoms with Crippen LogP contribution in [0, 0.1) is 0 Å². The van der Waals surface area contributed by atoms with Crippen molar-refractivity contribution < 1.29 is 44.6 Å². The number of alkyl halides is 9. The molecule has 0 fully saturated rings. The fourth-order valence-corrected chi connectivity index (χ4v) is 1.02. The highest BCUT2D eigenvalue weighted by Gasteiger charge is 2.43. The van der Waals surface area contributed by atoms with Crippen molar-refractivity contribution >= 4 is 5.69 Å². The summed E-state index contributed by atoms with van der Waals surface area (Å²) < 4.78 is 101. The van der Waals surface area contributed by atoms with E-state index in [0.717, 1.165) is 12.1 Å². The van der Waals surface area contributed by atoms with E-state index in [1.54, 1.807) is 0 Å². The van der Waals surface area contributed by atoms with Crippen molar-refractivity contribution in [1.82, 2.24) is 0 Å². The minimum Gasteiger partial charge on any atom is -0.505 e. The van der Waals surface area contributed by atoms with E-state index in [1.807, 2.05) is 0 Å². The molecule has 0 amide bonds. The van der Waals surface area contributed by atoms with Gasteiger partial charge in [-0.3, -0.25) is 0 Å². The smallest absolute Gasteiger partial charge is 0.420 e. The Morgan fingerprint density at radius 2 is 1.29 bits per heavy atom. The van der Waals surface area contributed by atoms with E-state index in [4.69, 9.17) is 10.8 Å². The van der Waals surface area contributed by atoms with E-state index in [-0.39, 0.29) is 5.69 Å². The summed E-state index contributed by atoms with van der Waals surface area (Å²) in [7, 11) is 0. The molecule has 0 saturated carbocycles. The SMILES string of the molecule is FC(F)(F)CC(F)(F)F.Nc1cccc(C(F)(F)F)c1O. The number of hydrogen-bond acceptors (Lipinski definition) is 2. The van der Waals surface area contributed by atoms with Gasteiger partial charge in [0, 0.05) is 0 Å². The molecule has 0 atom stereocenters. The normalized spacial score (nSPS) is 12.6. The van der Waals surface area contributed by atoms with Crippen molar-refractivity contribution in [3.05, 3.63) is 23.8 Å². The molecule has 122 valence electrons. The third-order valence-electron chi connectivity index (χ3n) is 1.77. The fourth-order valence-electron chi connectivity index (χ4n) is 1.02. The Balaban J connectivity index is 0.000000400. The van der Waals surface area contributed by atoms with Crippen LogP contribution >= 0.6 is 0 Å². The maximum absolute atomic E-state index is 12.0. The molecule has 1 rings (SSSR count). The molecule has 1 aromatic carbocycles. The van der Waals surface area contributed by atoms with Gasteiger partial charge in [0.2, 0.25) is 0 Å². The van der Waals surface area contributed by atoms with Crippen molar-refractivity contribution in [2.75, 3.05) is 5.73 Å². The Hall–Kier alpha value is -1.81. The molecule has 0 aliphatic heterocycles. The number of phenolic OH excluding ortho intramolecular Hbond substituents is 1. The van der Waals surface area contributed by atoms with Crippen LogP contribution in [0.15, 0.2) is 18.2 Å². The predicted molar refractivity (Wildman–Crippen MR) is 54.2 cm³/mol. The quantitative estimate of drug-likeness (QED) is 0.418. The second-order valence-electron chi connectivity index (χ2n) is 3.65. The predicted octanol–water partition coefficient (Wildman–Crippen LogP) is 4.49. The molecule has 0 aliphatic carbocycles. The molecule has 21 heavy (non-hydrogen) atoms. The first-order valence-corrected chi connectivity index (χ1v) is 4.91. The number of rotatable bonds is 0. The Morgan fingerprint density at radius 1 is 0.857 bits per heavy atom. The molecule has 0 heterocycles. The summed E-state index contributed by atoms with van der Waals surface area (Å²) in [6.45, 7) is 0. The number of aromatic hydroxyl groups is 1. The number of hydrogen-bond donors (Lipinski definition) is 2. The molecule has 3 N–H and O–H groups in total. The lowest BCUT2D eigenvalue weighted by Crippen LogP contribution is -2.20. The standard InChI is InChI=1S/C7H6F3NO.C3H2F6/c8-7(9,10)4-2-1-3-5(11)6(4)12;4-2(5,6)1-3(7,8)9/h1-3,12H,11H2;1H2. The summed E-state index contributed by atoms with van der Waals surface area (Å²) in [5.41, 5.74) is 3.69. The highest BCUT2D eigenvalue weighted by molar-refractivity contribution is 5.56. The Kier molecular flexibility index (Phi) is 5.76. The second kappa shape index (κ2) is 6.31. The molecule has 0 radical (unpaired) electrons. The van der Waals surface area contributed by atoms with Crippen LogP contribution in [0.2, 0.25) is 0 Å². The van der Waals surface area contributed by atoms with Gasteiger partial charge in [-0.05, 0) is 12.1 Å². The Bertz CT molecular complexity index is 449. The lowest BCUT2D eigenvalue weighted by atomic mass is 10.1. The summed E-state index contributed by atoms with van der Waals surface area (Å²) in [6, 6.07) is 3.11. The number of para-hydroxylation sites is 1. The molecule has 0 aromatic heterocycles. The number of phenols is 1. The molecule has 0 unspecified atom stereocenters. The van der Waals surface area contributed by atoms with E-state index in [1.165, 1.54) is 6.07 Å². The second-order valence-corrected chi connectivity index (χ2v) is 3.65. The lowest BCUT2D eigenvalue weighted by Gasteiger charge is -2.09. The van der Waals surface area contributed by atoms with E-state index >= 15 is 0 Å². The van der Waals surface area contributed by atoms with Gasteiger partial charge in [0.05, 0.1) is 11.3 Å². The molecule has 2 nitrogen and oxygen atoms in total. The van der Waals surface area contributed by atoms with E-state index < -0.39 is 36.3 Å². The number of nitrogen functional groups attached to an aromatic ring is 1. The van der Waals surface area contributed by atoms with Crippen molar-refractivity contribution in [1.29, 1.82) is 0 Å². The van der Waals surface area contributed by atoms with Gasteiger partial charge < -0.3 is 10.8 Å². The Labute approximate surface area is 112 Å². The molecule has 0 saturated heterocycles. The molecule has 0 bridgehead atoms. The molecular formula is C10H8F9NO. The average molecular weight is 329 g/mol. The van der Waals surface area contributed by atoms with Crippen LogP contribution in [0.1, 0.15) is 12.0 Å². The van der Waals surface area contributed by atoms with E-state index in [0.29, 0.717) is 0 Å². The van der Waals surface area contributed by atoms with Gasteiger partial charge in [-0.2, -0.15) is 39.5 Å². The molecule has 0 aliphatic rings. The zero-order valence-electron chi connectivity index (χ0n) is 9.87. The van der Waals surface area contributed by atoms with Crippen molar-refractivity contribution in [3.63, 3.8) is 0 Å². The highest BCUT2D eigenvalue weighted by atomic mass is 19.4. The number of halogens is 9. The molecule has 11 heteroatoms. The van der Waals surface area contributed by atoms with Gasteiger partial charge in [-0.1, -0.05) is 6.07 Å². The van der Waals surface area contributed by atoms with Gasteiger partial charge >= 0.3 is 18.5 Å². The maximum atomic E-state index is 12.0. The molecular weight excluding hydrogens is 321 g/mol. The van der Waals surface area contributed by atoms with Gasteiger partial charge in [0.25, 0.3) is 0 Å². The van der Waals surface area contributed by atoms with E-state index in [9.17, 15) is 39.5 Å². The summed E-state index contributed by atoms with van der Waals surface area (Å²) in [5, 5.41) is 8.89. The minimum absolute atomic E-state index is 0.273. The third kappa shape index (κ3) is 8.15. The first kappa shape index (κ1) is 19.2. The van der Waals surface area contributed by atoms with Crippen LogP contribution in [0.25, 0.3) is 0 Å². The first-order chi connectivity index (χ1) is 9.13. The fraction of sp³-hybridized carbons (Fsp3) is 0.400. The number of benzene rings is 1. The van der Waals surface area contributed by atoms with Crippen LogP contribution in [-0.2, 0) is 6.18 Å². The summed E-state index contributed by atoms with van der Waals surface area (Å²) in [6.07, 6.45) is -17.5. The summed E-state index contributed by atoms with van der Waals surface area (Å²) in [4.78, 5) is 0. The van der Waals surface area contributed by atoms with Crippen molar-refractivity contribution in [2.24, 2.45) is 0 Å². The van der Waals surface area contributed by atoms with Gasteiger partial charge in [-0.15, -0.1) is 0 Å². The lowest BCUT2D eigenvalue weighted by molar-refractivity contribution is -0.232. The number of nitrogens with two attached hydrogens (primary N) is 1. The Morgan fingerprint density at radius 3 is 1.52 bits per heavy atom. The highest BCUT2D eigenvalue weighted by Crippen LogP contribution is 2.38. The van der Waals surface area contributed by atoms with Crippen molar-refractivity contribution in [2.45, 2.75) is 24.9 Å². The van der Waals surface area contributed by atoms with Gasteiger partial charge in [0.15, 0.2) is 5.75 Å². The number of anilines is 1. The van der Waals surface area contributed by atoms with Crippen LogP contribution in [0.5, 0.6) is 5.75 Å². The van der Waals surface area contributed by atoms with Gasteiger partial charge in [-0.25, -0.2) is 0 Å². The molecule has 1 aromatic rings. The monoisotopic (exact) mass is 329 g/mol. The average Bonchev–Trinajstić information content (AvgIpc) is 2.15. The maximum Gasteiger partial charge on any atom is 0.420 e. The van der Waals surface area contributed by atoms with E-state index in [2.05, 4.69) is 0 Å². The zero-order valence-corrected chi connectivity index (χ0v) is 9.87. The summed E-state index contributed by atoms with van der Waals surface area (Å²) >= 11 is 0. The van der Waals surface area contributed by atoms with Crippen LogP contribution in [0.3, 0.4) is 0 Å².